The van der Waals surface area contributed by atoms with Gasteiger partial charge in [0.25, 0.3) is 0 Å². The van der Waals surface area contributed by atoms with Crippen LogP contribution in [0, 0.1) is 0 Å². The third-order valence-electron chi connectivity index (χ3n) is 0.759. The molecule has 0 saturated carbocycles. The predicted octanol–water partition coefficient (Wildman–Crippen LogP) is 3.66. The highest BCUT2D eigenvalue weighted by atomic mass is 35.5. The zero-order valence-electron chi connectivity index (χ0n) is 5.61. The van der Waals surface area contributed by atoms with E-state index in [4.69, 9.17) is 34.8 Å². The zero-order chi connectivity index (χ0) is 8.20. The van der Waals surface area contributed by atoms with Crippen molar-refractivity contribution in [3.05, 3.63) is 12.7 Å². The third-order valence-corrected chi connectivity index (χ3v) is 3.68. The average molecular weight is 220 g/mol. The molecule has 0 radical (unpaired) electrons. The van der Waals surface area contributed by atoms with Crippen molar-refractivity contribution in [2.75, 3.05) is 5.75 Å². The smallest absolute Gasteiger partial charge is 0.135 e. The minimum absolute atomic E-state index is 0.283. The Morgan fingerprint density at radius 2 is 2.20 bits per heavy atom. The molecule has 0 N–H and O–H groups in total. The highest BCUT2D eigenvalue weighted by Crippen LogP contribution is 2.35. The molecule has 4 heteroatoms. The van der Waals surface area contributed by atoms with Crippen molar-refractivity contribution in [1.29, 1.82) is 0 Å². The van der Waals surface area contributed by atoms with Crippen molar-refractivity contribution in [3.63, 3.8) is 0 Å². The molecule has 0 bridgehead atoms. The van der Waals surface area contributed by atoms with E-state index in [1.54, 1.807) is 13.0 Å². The fourth-order valence-corrected chi connectivity index (χ4v) is 1.49. The minimum Gasteiger partial charge on any atom is -0.135 e. The maximum Gasteiger partial charge on any atom is 0.140 e. The van der Waals surface area contributed by atoms with Gasteiger partial charge in [-0.15, -0.1) is 29.9 Å². The van der Waals surface area contributed by atoms with Crippen LogP contribution in [-0.2, 0) is 0 Å². The third kappa shape index (κ3) is 4.73. The summed E-state index contributed by atoms with van der Waals surface area (Å²) in [6, 6.07) is 0. The van der Waals surface area contributed by atoms with E-state index < -0.39 is 4.33 Å². The van der Waals surface area contributed by atoms with Crippen molar-refractivity contribution in [2.24, 2.45) is 0 Å². The molecule has 60 valence electrons. The lowest BCUT2D eigenvalue weighted by molar-refractivity contribution is 0.960. The first-order chi connectivity index (χ1) is 4.48. The molecule has 0 aliphatic rings. The highest BCUT2D eigenvalue weighted by Gasteiger charge is 2.27. The summed E-state index contributed by atoms with van der Waals surface area (Å²) in [6.07, 6.45) is 1.76. The first-order valence-electron chi connectivity index (χ1n) is 2.73. The first-order valence-corrected chi connectivity index (χ1v) is 4.97. The molecule has 0 saturated heterocycles. The maximum atomic E-state index is 5.79. The molecule has 0 aromatic rings. The Bertz CT molecular complexity index is 108. The van der Waals surface area contributed by atoms with Crippen LogP contribution in [0.5, 0.6) is 0 Å². The quantitative estimate of drug-likeness (QED) is 0.514. The fourth-order valence-electron chi connectivity index (χ4n) is 0.299. The number of alkyl halides is 3. The summed E-state index contributed by atoms with van der Waals surface area (Å²) in [4.78, 5) is 0. The van der Waals surface area contributed by atoms with Crippen LogP contribution in [0.1, 0.15) is 6.92 Å². The number of rotatable bonds is 4. The molecule has 10 heavy (non-hydrogen) atoms. The Hall–Kier alpha value is 0.960. The summed E-state index contributed by atoms with van der Waals surface area (Å²) in [7, 11) is 0. The standard InChI is InChI=1S/C6H9Cl3S/c1-3-4-10-5(7)6(2,8)9/h3,5H,1,4H2,2H3. The lowest BCUT2D eigenvalue weighted by Crippen LogP contribution is -2.18. The SMILES string of the molecule is C=CCSC(Cl)C(C)(Cl)Cl. The second-order valence-corrected chi connectivity index (χ2v) is 5.49. The molecule has 0 fully saturated rings. The second-order valence-electron chi connectivity index (χ2n) is 1.89. The lowest BCUT2D eigenvalue weighted by atomic mass is 10.5. The molecule has 0 aliphatic heterocycles. The van der Waals surface area contributed by atoms with Gasteiger partial charge in [-0.2, -0.15) is 0 Å². The van der Waals surface area contributed by atoms with Crippen LogP contribution in [0.25, 0.3) is 0 Å². The Balaban J connectivity index is 3.61. The first kappa shape index (κ1) is 11.0. The van der Waals surface area contributed by atoms with E-state index in [9.17, 15) is 0 Å². The summed E-state index contributed by atoms with van der Waals surface area (Å²) in [5.41, 5.74) is 0. The van der Waals surface area contributed by atoms with Gasteiger partial charge in [-0.1, -0.05) is 29.3 Å². The van der Waals surface area contributed by atoms with E-state index in [1.807, 2.05) is 0 Å². The van der Waals surface area contributed by atoms with Gasteiger partial charge in [0.15, 0.2) is 0 Å². The molecule has 0 amide bonds. The number of hydrogen-bond donors (Lipinski definition) is 0. The van der Waals surface area contributed by atoms with Crippen LogP contribution in [0.3, 0.4) is 0 Å². The van der Waals surface area contributed by atoms with Crippen molar-refractivity contribution >= 4 is 46.6 Å². The maximum absolute atomic E-state index is 5.79. The van der Waals surface area contributed by atoms with Crippen molar-refractivity contribution in [3.8, 4) is 0 Å². The van der Waals surface area contributed by atoms with Crippen molar-refractivity contribution < 1.29 is 0 Å². The van der Waals surface area contributed by atoms with E-state index in [1.165, 1.54) is 11.8 Å². The Morgan fingerprint density at radius 1 is 1.70 bits per heavy atom. The molecule has 0 aromatic heterocycles. The summed E-state index contributed by atoms with van der Waals surface area (Å²) >= 11 is 18.6. The van der Waals surface area contributed by atoms with E-state index in [2.05, 4.69) is 6.58 Å². The van der Waals surface area contributed by atoms with Crippen LogP contribution >= 0.6 is 46.6 Å². The lowest BCUT2D eigenvalue weighted by Gasteiger charge is -2.18. The molecule has 1 atom stereocenters. The minimum atomic E-state index is -0.866. The van der Waals surface area contributed by atoms with Gasteiger partial charge in [-0.25, -0.2) is 0 Å². The Labute approximate surface area is 80.9 Å². The Morgan fingerprint density at radius 3 is 2.50 bits per heavy atom. The summed E-state index contributed by atoms with van der Waals surface area (Å²) in [5, 5.41) is 0. The van der Waals surface area contributed by atoms with Gasteiger partial charge < -0.3 is 0 Å². The molecule has 0 nitrogen and oxygen atoms in total. The topological polar surface area (TPSA) is 0 Å². The van der Waals surface area contributed by atoms with Crippen LogP contribution in [0.2, 0.25) is 0 Å². The van der Waals surface area contributed by atoms with Crippen LogP contribution < -0.4 is 0 Å². The van der Waals surface area contributed by atoms with Gasteiger partial charge >= 0.3 is 0 Å². The van der Waals surface area contributed by atoms with Gasteiger partial charge in [0.05, 0.1) is 0 Å². The van der Waals surface area contributed by atoms with Gasteiger partial charge in [-0.05, 0) is 6.92 Å². The van der Waals surface area contributed by atoms with Crippen LogP contribution in [-0.4, -0.2) is 14.8 Å². The van der Waals surface area contributed by atoms with Gasteiger partial charge in [0.2, 0.25) is 0 Å². The molecule has 0 aromatic carbocycles. The van der Waals surface area contributed by atoms with Crippen molar-refractivity contribution in [2.45, 2.75) is 16.0 Å². The van der Waals surface area contributed by atoms with E-state index in [0.717, 1.165) is 5.75 Å². The summed E-state index contributed by atoms with van der Waals surface area (Å²) in [6.45, 7) is 5.22. The van der Waals surface area contributed by atoms with E-state index in [0.29, 0.717) is 0 Å². The van der Waals surface area contributed by atoms with Gasteiger partial charge in [0, 0.05) is 5.75 Å². The predicted molar refractivity (Wildman–Crippen MR) is 52.4 cm³/mol. The van der Waals surface area contributed by atoms with Crippen molar-refractivity contribution in [1.82, 2.24) is 0 Å². The molecule has 0 aliphatic carbocycles. The number of thioether (sulfide) groups is 1. The van der Waals surface area contributed by atoms with E-state index in [-0.39, 0.29) is 4.71 Å². The zero-order valence-corrected chi connectivity index (χ0v) is 8.70. The summed E-state index contributed by atoms with van der Waals surface area (Å²) < 4.78 is -1.15. The number of hydrogen-bond acceptors (Lipinski definition) is 1. The van der Waals surface area contributed by atoms with Crippen LogP contribution in [0.4, 0.5) is 0 Å². The molecule has 0 heterocycles. The molecule has 0 rings (SSSR count). The largest absolute Gasteiger partial charge is 0.140 e. The van der Waals surface area contributed by atoms with E-state index >= 15 is 0 Å². The normalized spacial score (nSPS) is 14.8. The van der Waals surface area contributed by atoms with Gasteiger partial charge in [0.1, 0.15) is 9.04 Å². The van der Waals surface area contributed by atoms with Crippen LogP contribution in [0.15, 0.2) is 12.7 Å². The summed E-state index contributed by atoms with van der Waals surface area (Å²) in [5.74, 6) is 0.767. The Kier molecular flexibility index (Phi) is 5.22. The second kappa shape index (κ2) is 4.76. The van der Waals surface area contributed by atoms with Gasteiger partial charge in [-0.3, -0.25) is 0 Å². The fraction of sp³-hybridized carbons (Fsp3) is 0.667. The average Bonchev–Trinajstić information content (AvgIpc) is 1.80. The highest BCUT2D eigenvalue weighted by molar-refractivity contribution is 8.01. The molecule has 0 spiro atoms. The monoisotopic (exact) mass is 218 g/mol. The molecule has 1 unspecified atom stereocenters. The number of halogens is 3. The molecular weight excluding hydrogens is 210 g/mol. The molecular formula is C6H9Cl3S.